The van der Waals surface area contributed by atoms with E-state index in [0.717, 1.165) is 16.5 Å². The summed E-state index contributed by atoms with van der Waals surface area (Å²) < 4.78 is 0. The minimum atomic E-state index is -0.621. The number of H-pyrrole nitrogens is 1. The molecule has 1 atom stereocenters. The molecule has 2 aromatic rings. The van der Waals surface area contributed by atoms with Crippen LogP contribution in [0.5, 0.6) is 0 Å². The normalized spacial score (nSPS) is 12.6. The number of nitrogens with two attached hydrogens (primary N) is 2. The van der Waals surface area contributed by atoms with Crippen molar-refractivity contribution < 1.29 is 4.79 Å². The smallest absolute Gasteiger partial charge is 0.251 e. The van der Waals surface area contributed by atoms with Gasteiger partial charge in [-0.25, -0.2) is 5.84 Å². The van der Waals surface area contributed by atoms with E-state index in [1.54, 1.807) is 0 Å². The number of hydrazine groups is 1. The number of benzene rings is 1. The van der Waals surface area contributed by atoms with Crippen LogP contribution in [0.25, 0.3) is 10.9 Å². The minimum Gasteiger partial charge on any atom is -0.361 e. The summed E-state index contributed by atoms with van der Waals surface area (Å²) in [6.07, 6.45) is 2.33. The number of carbonyl (C=O) groups excluding carboxylic acids is 1. The Hall–Kier alpha value is -1.85. The van der Waals surface area contributed by atoms with Gasteiger partial charge in [0.1, 0.15) is 0 Å². The lowest BCUT2D eigenvalue weighted by Crippen LogP contribution is -2.45. The number of aromatic nitrogens is 1. The van der Waals surface area contributed by atoms with E-state index in [0.29, 0.717) is 6.42 Å². The van der Waals surface area contributed by atoms with Crippen LogP contribution < -0.4 is 17.0 Å². The third-order valence-electron chi connectivity index (χ3n) is 2.59. The topological polar surface area (TPSA) is 96.9 Å². The Balaban J connectivity index is 2.24. The molecule has 0 aliphatic rings. The number of rotatable bonds is 3. The predicted octanol–water partition coefficient (Wildman–Crippen LogP) is 0.0276. The second kappa shape index (κ2) is 4.34. The Morgan fingerprint density at radius 2 is 2.19 bits per heavy atom. The second-order valence-electron chi connectivity index (χ2n) is 3.68. The first-order chi connectivity index (χ1) is 7.72. The molecule has 1 aromatic carbocycles. The van der Waals surface area contributed by atoms with Gasteiger partial charge in [-0.2, -0.15) is 0 Å². The molecule has 0 bridgehead atoms. The lowest BCUT2D eigenvalue weighted by molar-refractivity contribution is -0.122. The average Bonchev–Trinajstić information content (AvgIpc) is 2.72. The van der Waals surface area contributed by atoms with E-state index in [-0.39, 0.29) is 5.91 Å². The first-order valence-corrected chi connectivity index (χ1v) is 5.03. The molecule has 16 heavy (non-hydrogen) atoms. The van der Waals surface area contributed by atoms with Crippen LogP contribution in [-0.2, 0) is 11.2 Å². The fourth-order valence-electron chi connectivity index (χ4n) is 1.74. The summed E-state index contributed by atoms with van der Waals surface area (Å²) in [4.78, 5) is 14.3. The van der Waals surface area contributed by atoms with Crippen LogP contribution in [0.2, 0.25) is 0 Å². The van der Waals surface area contributed by atoms with Gasteiger partial charge in [0.25, 0.3) is 5.91 Å². The molecule has 0 unspecified atom stereocenters. The summed E-state index contributed by atoms with van der Waals surface area (Å²) in [7, 11) is 0. The zero-order chi connectivity index (χ0) is 11.5. The quantitative estimate of drug-likeness (QED) is 0.332. The lowest BCUT2D eigenvalue weighted by Gasteiger charge is -2.08. The van der Waals surface area contributed by atoms with Gasteiger partial charge in [0.05, 0.1) is 6.04 Å². The number of hydrogen-bond acceptors (Lipinski definition) is 3. The van der Waals surface area contributed by atoms with Crippen LogP contribution in [0, 0.1) is 0 Å². The van der Waals surface area contributed by atoms with E-state index in [2.05, 4.69) is 10.4 Å². The highest BCUT2D eigenvalue weighted by atomic mass is 16.2. The molecule has 5 heteroatoms. The molecule has 1 heterocycles. The Kier molecular flexibility index (Phi) is 2.89. The number of carbonyl (C=O) groups is 1. The SMILES string of the molecule is NNC(=O)[C@@H](N)Cc1c[nH]c2ccccc12. The summed E-state index contributed by atoms with van der Waals surface area (Å²) in [6.45, 7) is 0. The molecular formula is C11H14N4O. The van der Waals surface area contributed by atoms with Crippen LogP contribution in [0.4, 0.5) is 0 Å². The maximum Gasteiger partial charge on any atom is 0.251 e. The maximum atomic E-state index is 11.2. The third kappa shape index (κ3) is 1.91. The Morgan fingerprint density at radius 3 is 2.94 bits per heavy atom. The molecular weight excluding hydrogens is 204 g/mol. The minimum absolute atomic E-state index is 0.356. The molecule has 0 aliphatic heterocycles. The average molecular weight is 218 g/mol. The molecule has 0 aliphatic carbocycles. The Bertz CT molecular complexity index is 505. The van der Waals surface area contributed by atoms with Crippen molar-refractivity contribution in [2.75, 3.05) is 0 Å². The molecule has 0 spiro atoms. The monoisotopic (exact) mass is 218 g/mol. The highest BCUT2D eigenvalue weighted by molar-refractivity contribution is 5.85. The van der Waals surface area contributed by atoms with Crippen molar-refractivity contribution in [2.24, 2.45) is 11.6 Å². The standard InChI is InChI=1S/C11H14N4O/c12-9(11(16)15-13)5-7-6-14-10-4-2-1-3-8(7)10/h1-4,6,9,14H,5,12-13H2,(H,15,16)/t9-/m0/s1. The van der Waals surface area contributed by atoms with Crippen molar-refractivity contribution in [3.63, 3.8) is 0 Å². The van der Waals surface area contributed by atoms with E-state index < -0.39 is 6.04 Å². The van der Waals surface area contributed by atoms with Gasteiger partial charge in [-0.15, -0.1) is 0 Å². The van der Waals surface area contributed by atoms with Crippen LogP contribution >= 0.6 is 0 Å². The number of hydrogen-bond donors (Lipinski definition) is 4. The summed E-state index contributed by atoms with van der Waals surface area (Å²) in [6, 6.07) is 7.26. The zero-order valence-electron chi connectivity index (χ0n) is 8.73. The van der Waals surface area contributed by atoms with Gasteiger partial charge in [-0.05, 0) is 18.1 Å². The van der Waals surface area contributed by atoms with Crippen molar-refractivity contribution >= 4 is 16.8 Å². The van der Waals surface area contributed by atoms with Gasteiger partial charge >= 0.3 is 0 Å². The van der Waals surface area contributed by atoms with Gasteiger partial charge in [-0.3, -0.25) is 10.2 Å². The number of nitrogens with one attached hydrogen (secondary N) is 2. The molecule has 84 valence electrons. The van der Waals surface area contributed by atoms with Crippen molar-refractivity contribution in [3.8, 4) is 0 Å². The molecule has 1 aromatic heterocycles. The summed E-state index contributed by atoms with van der Waals surface area (Å²) in [5, 5.41) is 1.09. The molecule has 6 N–H and O–H groups in total. The molecule has 5 nitrogen and oxygen atoms in total. The Labute approximate surface area is 92.8 Å². The highest BCUT2D eigenvalue weighted by Gasteiger charge is 2.14. The molecule has 0 saturated heterocycles. The second-order valence-corrected chi connectivity index (χ2v) is 3.68. The van der Waals surface area contributed by atoms with Crippen molar-refractivity contribution in [1.82, 2.24) is 10.4 Å². The first kappa shape index (κ1) is 10.7. The summed E-state index contributed by atoms with van der Waals surface area (Å²) in [5.41, 5.74) is 9.81. The van der Waals surface area contributed by atoms with Crippen LogP contribution in [-0.4, -0.2) is 16.9 Å². The van der Waals surface area contributed by atoms with Gasteiger partial charge < -0.3 is 10.7 Å². The summed E-state index contributed by atoms with van der Waals surface area (Å²) in [5.74, 6) is 4.67. The fraction of sp³-hybridized carbons (Fsp3) is 0.182. The first-order valence-electron chi connectivity index (χ1n) is 5.03. The van der Waals surface area contributed by atoms with E-state index in [4.69, 9.17) is 11.6 Å². The fourth-order valence-corrected chi connectivity index (χ4v) is 1.74. The van der Waals surface area contributed by atoms with Gasteiger partial charge in [0, 0.05) is 17.1 Å². The van der Waals surface area contributed by atoms with Gasteiger partial charge in [0.2, 0.25) is 0 Å². The van der Waals surface area contributed by atoms with Gasteiger partial charge in [-0.1, -0.05) is 18.2 Å². The molecule has 1 amide bonds. The maximum absolute atomic E-state index is 11.2. The molecule has 2 rings (SSSR count). The lowest BCUT2D eigenvalue weighted by atomic mass is 10.1. The van der Waals surface area contributed by atoms with Crippen LogP contribution in [0.3, 0.4) is 0 Å². The van der Waals surface area contributed by atoms with Gasteiger partial charge in [0.15, 0.2) is 0 Å². The number of aromatic amines is 1. The highest BCUT2D eigenvalue weighted by Crippen LogP contribution is 2.18. The van der Waals surface area contributed by atoms with E-state index >= 15 is 0 Å². The van der Waals surface area contributed by atoms with Crippen LogP contribution in [0.15, 0.2) is 30.5 Å². The molecule has 0 fully saturated rings. The van der Waals surface area contributed by atoms with E-state index in [1.807, 2.05) is 30.5 Å². The van der Waals surface area contributed by atoms with E-state index in [1.165, 1.54) is 0 Å². The van der Waals surface area contributed by atoms with Crippen molar-refractivity contribution in [1.29, 1.82) is 0 Å². The Morgan fingerprint density at radius 1 is 1.44 bits per heavy atom. The van der Waals surface area contributed by atoms with Crippen molar-refractivity contribution in [3.05, 3.63) is 36.0 Å². The third-order valence-corrected chi connectivity index (χ3v) is 2.59. The largest absolute Gasteiger partial charge is 0.361 e. The summed E-state index contributed by atoms with van der Waals surface area (Å²) >= 11 is 0. The number of para-hydroxylation sites is 1. The zero-order valence-corrected chi connectivity index (χ0v) is 8.73. The molecule has 0 saturated carbocycles. The van der Waals surface area contributed by atoms with Crippen LogP contribution in [0.1, 0.15) is 5.56 Å². The molecule has 0 radical (unpaired) electrons. The predicted molar refractivity (Wildman–Crippen MR) is 62.3 cm³/mol. The van der Waals surface area contributed by atoms with Crippen molar-refractivity contribution in [2.45, 2.75) is 12.5 Å². The van der Waals surface area contributed by atoms with E-state index in [9.17, 15) is 4.79 Å². The number of amides is 1. The number of fused-ring (bicyclic) bond motifs is 1.